The fourth-order valence-electron chi connectivity index (χ4n) is 3.21. The van der Waals surface area contributed by atoms with Gasteiger partial charge in [-0.15, -0.1) is 0 Å². The van der Waals surface area contributed by atoms with Crippen LogP contribution in [0, 0.1) is 0 Å². The lowest BCUT2D eigenvalue weighted by Gasteiger charge is -2.17. The lowest BCUT2D eigenvalue weighted by atomic mass is 9.99. The van der Waals surface area contributed by atoms with Gasteiger partial charge in [0.2, 0.25) is 0 Å². The first-order valence-electron chi connectivity index (χ1n) is 8.10. The summed E-state index contributed by atoms with van der Waals surface area (Å²) in [6.07, 6.45) is 8.01. The van der Waals surface area contributed by atoms with Crippen LogP contribution in [0.4, 0.5) is 0 Å². The van der Waals surface area contributed by atoms with Crippen molar-refractivity contribution in [3.8, 4) is 0 Å². The third-order valence-electron chi connectivity index (χ3n) is 4.33. The fraction of sp³-hybridized carbons (Fsp3) is 0.500. The largest absolute Gasteiger partial charge is 0.308 e. The lowest BCUT2D eigenvalue weighted by molar-refractivity contribution is 0.510. The Morgan fingerprint density at radius 2 is 2.10 bits per heavy atom. The molecule has 3 rings (SSSR count). The highest BCUT2D eigenvalue weighted by Crippen LogP contribution is 2.25. The predicted molar refractivity (Wildman–Crippen MR) is 86.4 cm³/mol. The summed E-state index contributed by atoms with van der Waals surface area (Å²) < 4.78 is 1.89. The Balaban J connectivity index is 1.77. The van der Waals surface area contributed by atoms with E-state index in [1.165, 1.54) is 24.8 Å². The lowest BCUT2D eigenvalue weighted by Crippen LogP contribution is -2.24. The maximum absolute atomic E-state index is 4.59. The van der Waals surface area contributed by atoms with Crippen molar-refractivity contribution in [2.24, 2.45) is 7.05 Å². The Hall–Kier alpha value is -1.61. The molecule has 1 atom stereocenters. The molecule has 0 bridgehead atoms. The van der Waals surface area contributed by atoms with Gasteiger partial charge in [-0.05, 0) is 61.4 Å². The summed E-state index contributed by atoms with van der Waals surface area (Å²) in [5.41, 5.74) is 5.68. The Labute approximate surface area is 127 Å². The van der Waals surface area contributed by atoms with Crippen LogP contribution in [0.1, 0.15) is 48.2 Å². The fourth-order valence-corrected chi connectivity index (χ4v) is 3.21. The van der Waals surface area contributed by atoms with Gasteiger partial charge in [-0.1, -0.05) is 25.1 Å². The van der Waals surface area contributed by atoms with Crippen molar-refractivity contribution in [2.45, 2.75) is 45.1 Å². The minimum absolute atomic E-state index is 0.311. The van der Waals surface area contributed by atoms with Gasteiger partial charge in [-0.25, -0.2) is 0 Å². The molecule has 112 valence electrons. The Kier molecular flexibility index (Phi) is 4.39. The van der Waals surface area contributed by atoms with Gasteiger partial charge < -0.3 is 5.32 Å². The molecule has 2 aromatic rings. The summed E-state index contributed by atoms with van der Waals surface area (Å²) in [6, 6.07) is 9.47. The van der Waals surface area contributed by atoms with Crippen LogP contribution in [-0.4, -0.2) is 16.3 Å². The van der Waals surface area contributed by atoms with Crippen molar-refractivity contribution in [2.75, 3.05) is 6.54 Å². The van der Waals surface area contributed by atoms with Crippen LogP contribution in [0.15, 0.2) is 30.5 Å². The van der Waals surface area contributed by atoms with E-state index < -0.39 is 0 Å². The molecule has 1 aromatic heterocycles. The number of aryl methyl sites for hydroxylation is 3. The van der Waals surface area contributed by atoms with E-state index in [0.717, 1.165) is 25.1 Å². The van der Waals surface area contributed by atoms with Crippen molar-refractivity contribution in [1.82, 2.24) is 15.1 Å². The van der Waals surface area contributed by atoms with Crippen molar-refractivity contribution in [3.05, 3.63) is 52.8 Å². The molecule has 1 aliphatic rings. The maximum Gasteiger partial charge on any atom is 0.0797 e. The number of rotatable bonds is 6. The van der Waals surface area contributed by atoms with Crippen LogP contribution in [0.2, 0.25) is 0 Å². The normalized spacial score (nSPS) is 15.1. The summed E-state index contributed by atoms with van der Waals surface area (Å²) >= 11 is 0. The molecule has 1 heterocycles. The quantitative estimate of drug-likeness (QED) is 0.882. The van der Waals surface area contributed by atoms with E-state index in [9.17, 15) is 0 Å². The Morgan fingerprint density at radius 3 is 2.86 bits per heavy atom. The molecule has 1 aromatic carbocycles. The molecule has 1 unspecified atom stereocenters. The number of hydrogen-bond donors (Lipinski definition) is 1. The topological polar surface area (TPSA) is 29.9 Å². The first-order chi connectivity index (χ1) is 10.3. The van der Waals surface area contributed by atoms with Crippen LogP contribution < -0.4 is 5.32 Å². The molecule has 0 amide bonds. The van der Waals surface area contributed by atoms with Crippen LogP contribution in [0.3, 0.4) is 0 Å². The summed E-state index contributed by atoms with van der Waals surface area (Å²) in [6.45, 7) is 3.24. The summed E-state index contributed by atoms with van der Waals surface area (Å²) in [4.78, 5) is 0. The number of nitrogens with zero attached hydrogens (tertiary/aromatic N) is 2. The Morgan fingerprint density at radius 1 is 1.24 bits per heavy atom. The molecule has 0 aliphatic heterocycles. The van der Waals surface area contributed by atoms with Crippen molar-refractivity contribution < 1.29 is 0 Å². The van der Waals surface area contributed by atoms with E-state index in [-0.39, 0.29) is 0 Å². The number of fused-ring (bicyclic) bond motifs is 1. The van der Waals surface area contributed by atoms with Gasteiger partial charge in [-0.2, -0.15) is 5.10 Å². The third kappa shape index (κ3) is 3.35. The van der Waals surface area contributed by atoms with Crippen LogP contribution in [0.5, 0.6) is 0 Å². The number of hydrogen-bond acceptors (Lipinski definition) is 2. The average molecular weight is 283 g/mol. The zero-order chi connectivity index (χ0) is 14.7. The molecule has 0 fully saturated rings. The highest BCUT2D eigenvalue weighted by Gasteiger charge is 2.16. The van der Waals surface area contributed by atoms with E-state index >= 15 is 0 Å². The van der Waals surface area contributed by atoms with Crippen molar-refractivity contribution in [1.29, 1.82) is 0 Å². The van der Waals surface area contributed by atoms with Gasteiger partial charge >= 0.3 is 0 Å². The molecule has 1 aliphatic carbocycles. The Bertz CT molecular complexity index is 600. The zero-order valence-electron chi connectivity index (χ0n) is 13.1. The summed E-state index contributed by atoms with van der Waals surface area (Å²) in [5, 5.41) is 8.23. The van der Waals surface area contributed by atoms with Gasteiger partial charge in [-0.3, -0.25) is 4.68 Å². The monoisotopic (exact) mass is 283 g/mol. The van der Waals surface area contributed by atoms with Crippen LogP contribution in [0.25, 0.3) is 0 Å². The molecule has 21 heavy (non-hydrogen) atoms. The molecule has 0 spiro atoms. The van der Waals surface area contributed by atoms with E-state index in [0.29, 0.717) is 6.04 Å². The SMILES string of the molecule is CCCNC(Cc1ccc2c(c1)CCC2)c1ccn(C)n1. The molecule has 0 radical (unpaired) electrons. The minimum Gasteiger partial charge on any atom is -0.308 e. The van der Waals surface area contributed by atoms with E-state index in [1.807, 2.05) is 17.9 Å². The van der Waals surface area contributed by atoms with Crippen LogP contribution in [-0.2, 0) is 26.3 Å². The van der Waals surface area contributed by atoms with E-state index in [2.05, 4.69) is 41.6 Å². The average Bonchev–Trinajstić information content (AvgIpc) is 3.11. The molecule has 1 N–H and O–H groups in total. The third-order valence-corrected chi connectivity index (χ3v) is 4.33. The highest BCUT2D eigenvalue weighted by atomic mass is 15.3. The van der Waals surface area contributed by atoms with E-state index in [4.69, 9.17) is 0 Å². The maximum atomic E-state index is 4.59. The number of aromatic nitrogens is 2. The summed E-state index contributed by atoms with van der Waals surface area (Å²) in [5.74, 6) is 0. The van der Waals surface area contributed by atoms with Crippen molar-refractivity contribution in [3.63, 3.8) is 0 Å². The second-order valence-electron chi connectivity index (χ2n) is 6.08. The predicted octanol–water partition coefficient (Wildman–Crippen LogP) is 3.19. The summed E-state index contributed by atoms with van der Waals surface area (Å²) in [7, 11) is 1.98. The smallest absolute Gasteiger partial charge is 0.0797 e. The van der Waals surface area contributed by atoms with Crippen molar-refractivity contribution >= 4 is 0 Å². The standard InChI is InChI=1S/C18H25N3/c1-3-10-19-18(17-9-11-21(2)20-17)13-14-7-8-15-5-4-6-16(15)12-14/h7-9,11-12,18-19H,3-6,10,13H2,1-2H3. The number of nitrogens with one attached hydrogen (secondary N) is 1. The molecular weight excluding hydrogens is 258 g/mol. The minimum atomic E-state index is 0.311. The van der Waals surface area contributed by atoms with Crippen LogP contribution >= 0.6 is 0 Å². The molecule has 3 heteroatoms. The second kappa shape index (κ2) is 6.44. The molecule has 0 saturated carbocycles. The van der Waals surface area contributed by atoms with Gasteiger partial charge in [0.15, 0.2) is 0 Å². The zero-order valence-corrected chi connectivity index (χ0v) is 13.1. The van der Waals surface area contributed by atoms with Gasteiger partial charge in [0.1, 0.15) is 0 Å². The first-order valence-corrected chi connectivity index (χ1v) is 8.10. The number of benzene rings is 1. The first kappa shape index (κ1) is 14.3. The van der Waals surface area contributed by atoms with Gasteiger partial charge in [0.05, 0.1) is 11.7 Å². The molecule has 3 nitrogen and oxygen atoms in total. The molecule has 0 saturated heterocycles. The van der Waals surface area contributed by atoms with E-state index in [1.54, 1.807) is 11.1 Å². The second-order valence-corrected chi connectivity index (χ2v) is 6.08. The van der Waals surface area contributed by atoms with Gasteiger partial charge in [0, 0.05) is 13.2 Å². The van der Waals surface area contributed by atoms with Gasteiger partial charge in [0.25, 0.3) is 0 Å². The highest BCUT2D eigenvalue weighted by molar-refractivity contribution is 5.36. The molecular formula is C18H25N3.